The molecule has 0 atom stereocenters. The zero-order valence-corrected chi connectivity index (χ0v) is 7.16. The minimum Gasteiger partial charge on any atom is -0.286 e. The first kappa shape index (κ1) is 9.28. The fourth-order valence-electron chi connectivity index (χ4n) is 0.791. The Morgan fingerprint density at radius 2 is 1.83 bits per heavy atom. The van der Waals surface area contributed by atoms with Gasteiger partial charge in [-0.3, -0.25) is 4.55 Å². The van der Waals surface area contributed by atoms with Gasteiger partial charge in [-0.25, -0.2) is 8.42 Å². The lowest BCUT2D eigenvalue weighted by atomic mass is 9.73. The summed E-state index contributed by atoms with van der Waals surface area (Å²) in [6, 6.07) is 8.98. The van der Waals surface area contributed by atoms with Crippen molar-refractivity contribution >= 4 is 22.9 Å². The van der Waals surface area contributed by atoms with Gasteiger partial charge in [0.1, 0.15) is 0 Å². The maximum Gasteiger partial charge on any atom is 0.257 e. The molecule has 0 heterocycles. The maximum absolute atomic E-state index is 10.3. The second-order valence-electron chi connectivity index (χ2n) is 2.36. The Morgan fingerprint density at radius 1 is 1.25 bits per heavy atom. The first-order valence-corrected chi connectivity index (χ1v) is 5.02. The van der Waals surface area contributed by atoms with E-state index in [1.165, 1.54) is 7.28 Å². The van der Waals surface area contributed by atoms with Crippen LogP contribution >= 0.6 is 0 Å². The van der Waals surface area contributed by atoms with E-state index < -0.39 is 10.1 Å². The Labute approximate surface area is 72.4 Å². The maximum atomic E-state index is 10.3. The highest BCUT2D eigenvalue weighted by molar-refractivity contribution is 7.87. The summed E-state index contributed by atoms with van der Waals surface area (Å²) in [6.45, 7) is 0. The van der Waals surface area contributed by atoms with Gasteiger partial charge in [-0.1, -0.05) is 35.8 Å². The summed E-state index contributed by atoms with van der Waals surface area (Å²) in [5.74, 6) is 0. The van der Waals surface area contributed by atoms with Gasteiger partial charge in [-0.15, -0.1) is 0 Å². The lowest BCUT2D eigenvalue weighted by Crippen LogP contribution is -2.22. The molecule has 0 fully saturated rings. The summed E-state index contributed by atoms with van der Waals surface area (Å²) >= 11 is 0. The van der Waals surface area contributed by atoms with Crippen LogP contribution in [-0.4, -0.2) is 25.9 Å². The molecular formula is C7H8BO3S. The molecule has 0 bridgehead atoms. The first-order valence-electron chi connectivity index (χ1n) is 3.41. The van der Waals surface area contributed by atoms with Crippen LogP contribution in [-0.2, 0) is 10.1 Å². The zero-order chi connectivity index (χ0) is 9.03. The third-order valence-corrected chi connectivity index (χ3v) is 1.92. The van der Waals surface area contributed by atoms with E-state index in [0.29, 0.717) is 0 Å². The number of hydrogen-bond acceptors (Lipinski definition) is 2. The van der Waals surface area contributed by atoms with Gasteiger partial charge in [-0.2, -0.15) is 0 Å². The molecule has 5 heteroatoms. The molecule has 0 amide bonds. The zero-order valence-electron chi connectivity index (χ0n) is 6.34. The minimum atomic E-state index is -3.88. The van der Waals surface area contributed by atoms with Crippen molar-refractivity contribution in [1.82, 2.24) is 0 Å². The summed E-state index contributed by atoms with van der Waals surface area (Å²) < 4.78 is 29.1. The number of hydrogen-bond donors (Lipinski definition) is 1. The van der Waals surface area contributed by atoms with Crippen LogP contribution in [0.4, 0.5) is 0 Å². The smallest absolute Gasteiger partial charge is 0.257 e. The van der Waals surface area contributed by atoms with Crippen LogP contribution in [0.5, 0.6) is 0 Å². The van der Waals surface area contributed by atoms with Gasteiger partial charge in [0.2, 0.25) is 0 Å². The fourth-order valence-corrected chi connectivity index (χ4v) is 1.19. The summed E-state index contributed by atoms with van der Waals surface area (Å²) in [5, 5.41) is 0. The average molecular weight is 183 g/mol. The summed E-state index contributed by atoms with van der Waals surface area (Å²) in [7, 11) is -2.42. The number of rotatable bonds is 3. The highest BCUT2D eigenvalue weighted by atomic mass is 32.2. The van der Waals surface area contributed by atoms with E-state index in [9.17, 15) is 8.42 Å². The third-order valence-electron chi connectivity index (χ3n) is 1.33. The molecule has 0 saturated carbocycles. The molecule has 0 aliphatic heterocycles. The van der Waals surface area contributed by atoms with Crippen molar-refractivity contribution in [1.29, 1.82) is 0 Å². The van der Waals surface area contributed by atoms with Gasteiger partial charge in [-0.05, 0) is 0 Å². The molecule has 12 heavy (non-hydrogen) atoms. The van der Waals surface area contributed by atoms with Crippen molar-refractivity contribution < 1.29 is 13.0 Å². The molecule has 0 aliphatic rings. The van der Waals surface area contributed by atoms with Gasteiger partial charge in [0.15, 0.2) is 7.28 Å². The molecule has 1 aromatic carbocycles. The summed E-state index contributed by atoms with van der Waals surface area (Å²) in [5.41, 5.74) is 0.451. The largest absolute Gasteiger partial charge is 0.286 e. The van der Waals surface area contributed by atoms with Crippen LogP contribution in [0, 0.1) is 0 Å². The Balaban J connectivity index is 2.56. The van der Waals surface area contributed by atoms with E-state index in [4.69, 9.17) is 4.55 Å². The SMILES string of the molecule is O=S(=O)(O)C[B]c1ccccc1. The van der Waals surface area contributed by atoms with Crippen molar-refractivity contribution in [2.45, 2.75) is 0 Å². The average Bonchev–Trinajstić information content (AvgIpc) is 2.02. The van der Waals surface area contributed by atoms with Gasteiger partial charge in [0.05, 0.1) is 5.65 Å². The molecular weight excluding hydrogens is 175 g/mol. The Bertz CT molecular complexity index is 333. The number of benzene rings is 1. The van der Waals surface area contributed by atoms with Crippen LogP contribution in [0.3, 0.4) is 0 Å². The monoisotopic (exact) mass is 183 g/mol. The van der Waals surface area contributed by atoms with E-state index in [1.54, 1.807) is 24.3 Å². The summed E-state index contributed by atoms with van der Waals surface area (Å²) in [4.78, 5) is 0. The van der Waals surface area contributed by atoms with E-state index in [1.807, 2.05) is 6.07 Å². The second-order valence-corrected chi connectivity index (χ2v) is 3.86. The van der Waals surface area contributed by atoms with E-state index in [-0.39, 0.29) is 5.65 Å². The van der Waals surface area contributed by atoms with Crippen molar-refractivity contribution in [3.05, 3.63) is 30.3 Å². The Hall–Kier alpha value is -0.805. The van der Waals surface area contributed by atoms with Crippen LogP contribution in [0.15, 0.2) is 30.3 Å². The molecule has 1 aromatic rings. The van der Waals surface area contributed by atoms with Crippen molar-refractivity contribution in [2.75, 3.05) is 5.65 Å². The fraction of sp³-hybridized carbons (Fsp3) is 0.143. The molecule has 0 aliphatic carbocycles. The van der Waals surface area contributed by atoms with Crippen LogP contribution < -0.4 is 5.46 Å². The molecule has 63 valence electrons. The molecule has 3 nitrogen and oxygen atoms in total. The Morgan fingerprint density at radius 3 is 2.33 bits per heavy atom. The van der Waals surface area contributed by atoms with Crippen molar-refractivity contribution in [2.24, 2.45) is 0 Å². The van der Waals surface area contributed by atoms with Crippen LogP contribution in [0.2, 0.25) is 0 Å². The predicted octanol–water partition coefficient (Wildman–Crippen LogP) is -0.139. The van der Waals surface area contributed by atoms with Gasteiger partial charge >= 0.3 is 0 Å². The quantitative estimate of drug-likeness (QED) is 0.524. The standard InChI is InChI=1S/C7H8BO3S/c9-12(10,11)6-8-7-4-2-1-3-5-7/h1-5H,6H2,(H,9,10,11). The molecule has 0 aromatic heterocycles. The predicted molar refractivity (Wildman–Crippen MR) is 48.2 cm³/mol. The van der Waals surface area contributed by atoms with E-state index in [2.05, 4.69) is 0 Å². The molecule has 1 N–H and O–H groups in total. The van der Waals surface area contributed by atoms with Crippen LogP contribution in [0.1, 0.15) is 0 Å². The minimum absolute atomic E-state index is 0.336. The normalized spacial score (nSPS) is 11.1. The molecule has 0 unspecified atom stereocenters. The molecule has 0 spiro atoms. The van der Waals surface area contributed by atoms with Crippen LogP contribution in [0.25, 0.3) is 0 Å². The Kier molecular flexibility index (Phi) is 2.89. The summed E-state index contributed by atoms with van der Waals surface area (Å²) in [6.07, 6.45) is 0. The lowest BCUT2D eigenvalue weighted by Gasteiger charge is -1.95. The van der Waals surface area contributed by atoms with E-state index in [0.717, 1.165) is 5.46 Å². The van der Waals surface area contributed by atoms with Gasteiger partial charge in [0, 0.05) is 0 Å². The lowest BCUT2D eigenvalue weighted by molar-refractivity contribution is 0.488. The highest BCUT2D eigenvalue weighted by Crippen LogP contribution is 1.84. The highest BCUT2D eigenvalue weighted by Gasteiger charge is 2.05. The molecule has 1 radical (unpaired) electrons. The first-order chi connectivity index (χ1) is 5.58. The van der Waals surface area contributed by atoms with Crippen molar-refractivity contribution in [3.63, 3.8) is 0 Å². The van der Waals surface area contributed by atoms with Crippen molar-refractivity contribution in [3.8, 4) is 0 Å². The molecule has 0 saturated heterocycles. The van der Waals surface area contributed by atoms with Gasteiger partial charge in [0.25, 0.3) is 10.1 Å². The molecule has 1 rings (SSSR count). The van der Waals surface area contributed by atoms with E-state index >= 15 is 0 Å². The van der Waals surface area contributed by atoms with Gasteiger partial charge < -0.3 is 0 Å². The second kappa shape index (κ2) is 3.73. The third kappa shape index (κ3) is 3.55. The topological polar surface area (TPSA) is 54.4 Å².